The summed E-state index contributed by atoms with van der Waals surface area (Å²) in [5, 5.41) is 0. The van der Waals surface area contributed by atoms with Gasteiger partial charge >= 0.3 is 24.0 Å². The molecule has 51 heavy (non-hydrogen) atoms. The fourth-order valence-electron chi connectivity index (χ4n) is 5.98. The van der Waals surface area contributed by atoms with Crippen molar-refractivity contribution in [2.45, 2.75) is 89.9 Å². The van der Waals surface area contributed by atoms with E-state index in [1.807, 2.05) is 91.0 Å². The molecular formula is C42H45NO8. The van der Waals surface area contributed by atoms with Crippen LogP contribution < -0.4 is 0 Å². The second kappa shape index (κ2) is 15.6. The first kappa shape index (κ1) is 36.8. The monoisotopic (exact) mass is 691 g/mol. The zero-order chi connectivity index (χ0) is 36.8. The van der Waals surface area contributed by atoms with Gasteiger partial charge in [0.05, 0.1) is 0 Å². The van der Waals surface area contributed by atoms with Crippen LogP contribution in [0.25, 0.3) is 0 Å². The lowest BCUT2D eigenvalue weighted by molar-refractivity contribution is -0.173. The molecule has 4 aromatic carbocycles. The quantitative estimate of drug-likeness (QED) is 0.0986. The van der Waals surface area contributed by atoms with Gasteiger partial charge in [0.15, 0.2) is 12.0 Å². The van der Waals surface area contributed by atoms with E-state index < -0.39 is 59.3 Å². The largest absolute Gasteiger partial charge is 0.459 e. The molecule has 1 heterocycles. The number of rotatable bonds is 9. The first-order chi connectivity index (χ1) is 24.2. The molecule has 9 heteroatoms. The molecule has 1 aliphatic heterocycles. The highest BCUT2D eigenvalue weighted by Crippen LogP contribution is 2.43. The van der Waals surface area contributed by atoms with Crippen molar-refractivity contribution >= 4 is 24.0 Å². The molecule has 0 N–H and O–H groups in total. The lowest BCUT2D eigenvalue weighted by Crippen LogP contribution is -2.55. The van der Waals surface area contributed by atoms with Gasteiger partial charge in [-0.25, -0.2) is 9.59 Å². The molecule has 1 aliphatic rings. The van der Waals surface area contributed by atoms with Crippen LogP contribution in [0.3, 0.4) is 0 Å². The van der Waals surface area contributed by atoms with Crippen LogP contribution in [0.4, 0.5) is 4.79 Å². The van der Waals surface area contributed by atoms with E-state index >= 15 is 0 Å². The Labute approximate surface area is 299 Å². The first-order valence-corrected chi connectivity index (χ1v) is 17.0. The molecule has 0 spiro atoms. The summed E-state index contributed by atoms with van der Waals surface area (Å²) in [5.74, 6) is -3.37. The Balaban J connectivity index is 1.50. The predicted molar refractivity (Wildman–Crippen MR) is 191 cm³/mol. The predicted octanol–water partition coefficient (Wildman–Crippen LogP) is 8.04. The molecule has 266 valence electrons. The molecule has 1 amide bonds. The van der Waals surface area contributed by atoms with Gasteiger partial charge < -0.3 is 18.9 Å². The van der Waals surface area contributed by atoms with Crippen molar-refractivity contribution in [1.29, 1.82) is 0 Å². The van der Waals surface area contributed by atoms with E-state index in [9.17, 15) is 19.2 Å². The Morgan fingerprint density at radius 3 is 1.67 bits per heavy atom. The Kier molecular flexibility index (Phi) is 11.3. The summed E-state index contributed by atoms with van der Waals surface area (Å²) in [5.41, 5.74) is 1.69. The molecule has 1 fully saturated rings. The third-order valence-corrected chi connectivity index (χ3v) is 8.15. The van der Waals surface area contributed by atoms with Crippen LogP contribution in [-0.4, -0.2) is 46.1 Å². The average Bonchev–Trinajstić information content (AvgIpc) is 3.08. The summed E-state index contributed by atoms with van der Waals surface area (Å²) in [6.07, 6.45) is -1.39. The Morgan fingerprint density at radius 2 is 1.16 bits per heavy atom. The maximum absolute atomic E-state index is 14.2. The van der Waals surface area contributed by atoms with Gasteiger partial charge in [-0.1, -0.05) is 115 Å². The molecule has 9 nitrogen and oxygen atoms in total. The van der Waals surface area contributed by atoms with Crippen LogP contribution in [0.5, 0.6) is 0 Å². The zero-order valence-corrected chi connectivity index (χ0v) is 29.9. The number of carbonyl (C=O) groups excluding carboxylic acids is 4. The standard InChI is InChI=1S/C42H45NO8/c1-41(2,3)50-38(45)34(39(46)51-42(4,5)6)30-24-22-28(23-25-30)26-33-37(44)49-36(32-20-14-9-15-21-32)35(31-18-12-8-13-19-31)43(33)40(47)48-27-29-16-10-7-11-17-29/h7-25,33-36H,26-27H2,1-6H3/t33?,35-,36+/m0/s1. The Morgan fingerprint density at radius 1 is 0.667 bits per heavy atom. The molecule has 3 atom stereocenters. The maximum atomic E-state index is 14.2. The first-order valence-electron chi connectivity index (χ1n) is 17.0. The molecule has 0 aromatic heterocycles. The van der Waals surface area contributed by atoms with Crippen molar-refractivity contribution in [3.63, 3.8) is 0 Å². The van der Waals surface area contributed by atoms with Gasteiger partial charge in [0, 0.05) is 6.42 Å². The van der Waals surface area contributed by atoms with Crippen LogP contribution in [0.1, 0.15) is 87.4 Å². The van der Waals surface area contributed by atoms with Crippen LogP contribution in [0.2, 0.25) is 0 Å². The van der Waals surface area contributed by atoms with Crippen molar-refractivity contribution in [1.82, 2.24) is 4.90 Å². The van der Waals surface area contributed by atoms with Crippen LogP contribution in [-0.2, 0) is 46.4 Å². The highest BCUT2D eigenvalue weighted by atomic mass is 16.6. The number of ether oxygens (including phenoxy) is 4. The van der Waals surface area contributed by atoms with Crippen LogP contribution in [0.15, 0.2) is 115 Å². The SMILES string of the molecule is CC(C)(C)OC(=O)C(C(=O)OC(C)(C)C)c1ccc(CC2C(=O)O[C@H](c3ccccc3)[C@H](c3ccccc3)N2C(=O)OCc2ccccc2)cc1. The summed E-state index contributed by atoms with van der Waals surface area (Å²) in [6.45, 7) is 10.4. The van der Waals surface area contributed by atoms with Gasteiger partial charge in [0.2, 0.25) is 0 Å². The van der Waals surface area contributed by atoms with E-state index in [0.29, 0.717) is 11.1 Å². The highest BCUT2D eigenvalue weighted by molar-refractivity contribution is 6.01. The van der Waals surface area contributed by atoms with Gasteiger partial charge in [0.1, 0.15) is 29.9 Å². The van der Waals surface area contributed by atoms with E-state index in [1.165, 1.54) is 4.90 Å². The minimum absolute atomic E-state index is 0.0148. The minimum Gasteiger partial charge on any atom is -0.459 e. The molecule has 4 aromatic rings. The molecule has 1 saturated heterocycles. The van der Waals surface area contributed by atoms with E-state index in [4.69, 9.17) is 18.9 Å². The number of nitrogens with zero attached hydrogens (tertiary/aromatic N) is 1. The molecule has 0 aliphatic carbocycles. The number of cyclic esters (lactones) is 1. The van der Waals surface area contributed by atoms with Gasteiger partial charge in [-0.05, 0) is 69.4 Å². The van der Waals surface area contributed by atoms with Crippen molar-refractivity contribution in [2.24, 2.45) is 0 Å². The molecule has 0 bridgehead atoms. The number of hydrogen-bond acceptors (Lipinski definition) is 8. The second-order valence-electron chi connectivity index (χ2n) is 14.5. The van der Waals surface area contributed by atoms with Crippen LogP contribution >= 0.6 is 0 Å². The van der Waals surface area contributed by atoms with Crippen LogP contribution in [0, 0.1) is 0 Å². The molecular weight excluding hydrogens is 646 g/mol. The number of benzene rings is 4. The highest BCUT2D eigenvalue weighted by Gasteiger charge is 2.48. The average molecular weight is 692 g/mol. The van der Waals surface area contributed by atoms with E-state index in [2.05, 4.69) is 0 Å². The number of morpholine rings is 1. The summed E-state index contributed by atoms with van der Waals surface area (Å²) in [7, 11) is 0. The van der Waals surface area contributed by atoms with E-state index in [1.54, 1.807) is 65.8 Å². The molecule has 0 radical (unpaired) electrons. The normalized spacial score (nSPS) is 17.7. The Bertz CT molecular complexity index is 1770. The van der Waals surface area contributed by atoms with Gasteiger partial charge in [-0.15, -0.1) is 0 Å². The van der Waals surface area contributed by atoms with E-state index in [0.717, 1.165) is 16.7 Å². The Hall–Kier alpha value is -5.44. The van der Waals surface area contributed by atoms with Crippen molar-refractivity contribution in [3.8, 4) is 0 Å². The maximum Gasteiger partial charge on any atom is 0.411 e. The third-order valence-electron chi connectivity index (χ3n) is 8.15. The van der Waals surface area contributed by atoms with Gasteiger partial charge in [-0.2, -0.15) is 0 Å². The number of esters is 3. The molecule has 5 rings (SSSR count). The van der Waals surface area contributed by atoms with Crippen molar-refractivity contribution in [2.75, 3.05) is 0 Å². The lowest BCUT2D eigenvalue weighted by Gasteiger charge is -2.44. The van der Waals surface area contributed by atoms with Crippen molar-refractivity contribution in [3.05, 3.63) is 143 Å². The number of amides is 1. The van der Waals surface area contributed by atoms with Gasteiger partial charge in [0.25, 0.3) is 0 Å². The minimum atomic E-state index is -1.32. The topological polar surface area (TPSA) is 108 Å². The lowest BCUT2D eigenvalue weighted by atomic mass is 9.89. The summed E-state index contributed by atoms with van der Waals surface area (Å²) in [6, 6.07) is 33.1. The number of carbonyl (C=O) groups is 4. The number of hydrogen-bond donors (Lipinski definition) is 0. The summed E-state index contributed by atoms with van der Waals surface area (Å²) in [4.78, 5) is 56.2. The zero-order valence-electron chi connectivity index (χ0n) is 29.9. The fraction of sp³-hybridized carbons (Fsp3) is 0.333. The van der Waals surface area contributed by atoms with E-state index in [-0.39, 0.29) is 13.0 Å². The fourth-order valence-corrected chi connectivity index (χ4v) is 5.98. The summed E-state index contributed by atoms with van der Waals surface area (Å²) >= 11 is 0. The van der Waals surface area contributed by atoms with Crippen molar-refractivity contribution < 1.29 is 38.1 Å². The molecule has 1 unspecified atom stereocenters. The third kappa shape index (κ3) is 9.63. The smallest absolute Gasteiger partial charge is 0.411 e. The van der Waals surface area contributed by atoms with Gasteiger partial charge in [-0.3, -0.25) is 14.5 Å². The molecule has 0 saturated carbocycles. The summed E-state index contributed by atoms with van der Waals surface area (Å²) < 4.78 is 23.2. The second-order valence-corrected chi connectivity index (χ2v) is 14.5.